The van der Waals surface area contributed by atoms with E-state index < -0.39 is 0 Å². The maximum Gasteiger partial charge on any atom is 0.270 e. The lowest BCUT2D eigenvalue weighted by molar-refractivity contribution is 0.0949. The fourth-order valence-corrected chi connectivity index (χ4v) is 3.02. The lowest BCUT2D eigenvalue weighted by atomic mass is 10.1. The molecular formula is C14H21N5OS. The molecule has 0 aliphatic rings. The van der Waals surface area contributed by atoms with Gasteiger partial charge in [0, 0.05) is 31.1 Å². The monoisotopic (exact) mass is 307 g/mol. The van der Waals surface area contributed by atoms with Gasteiger partial charge in [0.05, 0.1) is 10.7 Å². The third-order valence-electron chi connectivity index (χ3n) is 3.46. The van der Waals surface area contributed by atoms with E-state index in [9.17, 15) is 4.79 Å². The highest BCUT2D eigenvalue weighted by atomic mass is 32.1. The average Bonchev–Trinajstić information content (AvgIpc) is 2.99. The molecule has 6 nitrogen and oxygen atoms in total. The Bertz CT molecular complexity index is 631. The Morgan fingerprint density at radius 1 is 1.43 bits per heavy atom. The zero-order valence-corrected chi connectivity index (χ0v) is 13.5. The van der Waals surface area contributed by atoms with E-state index in [1.165, 1.54) is 16.9 Å². The van der Waals surface area contributed by atoms with Crippen LogP contribution in [-0.4, -0.2) is 33.8 Å². The molecule has 0 spiro atoms. The van der Waals surface area contributed by atoms with Crippen LogP contribution in [0, 0.1) is 13.8 Å². The topological polar surface area (TPSA) is 85.8 Å². The van der Waals surface area contributed by atoms with Gasteiger partial charge in [-0.05, 0) is 32.4 Å². The van der Waals surface area contributed by atoms with Crippen LogP contribution in [0.3, 0.4) is 0 Å². The fraction of sp³-hybridized carbons (Fsp3) is 0.500. The maximum atomic E-state index is 12.0. The molecule has 0 aromatic carbocycles. The number of aromatic nitrogens is 3. The van der Waals surface area contributed by atoms with Gasteiger partial charge < -0.3 is 11.1 Å². The number of carbonyl (C=O) groups excluding carboxylic acids is 1. The summed E-state index contributed by atoms with van der Waals surface area (Å²) in [7, 11) is 1.93. The lowest BCUT2D eigenvalue weighted by Crippen LogP contribution is -2.26. The number of nitrogens with zero attached hydrogens (tertiary/aromatic N) is 3. The van der Waals surface area contributed by atoms with Crippen LogP contribution in [0.15, 0.2) is 5.38 Å². The number of carbonyl (C=O) groups is 1. The molecule has 2 aromatic heterocycles. The molecule has 7 heteroatoms. The van der Waals surface area contributed by atoms with Gasteiger partial charge >= 0.3 is 0 Å². The number of rotatable bonds is 6. The number of nitrogens with two attached hydrogens (primary N) is 1. The molecule has 2 heterocycles. The summed E-state index contributed by atoms with van der Waals surface area (Å²) in [5.41, 5.74) is 9.30. The number of hydrogen-bond donors (Lipinski definition) is 2. The minimum atomic E-state index is -0.131. The van der Waals surface area contributed by atoms with E-state index in [0.29, 0.717) is 25.2 Å². The van der Waals surface area contributed by atoms with E-state index in [2.05, 4.69) is 15.4 Å². The zero-order valence-electron chi connectivity index (χ0n) is 12.6. The smallest absolute Gasteiger partial charge is 0.270 e. The van der Waals surface area contributed by atoms with Crippen LogP contribution in [0.2, 0.25) is 0 Å². The zero-order chi connectivity index (χ0) is 15.4. The molecule has 0 bridgehead atoms. The van der Waals surface area contributed by atoms with Gasteiger partial charge in [-0.3, -0.25) is 9.48 Å². The molecule has 0 radical (unpaired) electrons. The molecule has 0 unspecified atom stereocenters. The number of aryl methyl sites for hydroxylation is 2. The molecule has 21 heavy (non-hydrogen) atoms. The summed E-state index contributed by atoms with van der Waals surface area (Å²) in [5.74, 6) is -0.131. The molecule has 0 aliphatic carbocycles. The highest BCUT2D eigenvalue weighted by Gasteiger charge is 2.12. The van der Waals surface area contributed by atoms with Gasteiger partial charge in [0.1, 0.15) is 5.69 Å². The fourth-order valence-electron chi connectivity index (χ4n) is 2.22. The minimum absolute atomic E-state index is 0.131. The second-order valence-corrected chi connectivity index (χ2v) is 5.89. The number of amides is 1. The van der Waals surface area contributed by atoms with Gasteiger partial charge in [0.15, 0.2) is 0 Å². The lowest BCUT2D eigenvalue weighted by Gasteiger charge is -2.04. The molecule has 0 saturated heterocycles. The third kappa shape index (κ3) is 3.68. The highest BCUT2D eigenvalue weighted by molar-refractivity contribution is 7.09. The maximum absolute atomic E-state index is 12.0. The summed E-state index contributed by atoms with van der Waals surface area (Å²) in [6.45, 7) is 5.16. The molecule has 3 N–H and O–H groups in total. The van der Waals surface area contributed by atoms with E-state index in [0.717, 1.165) is 22.8 Å². The van der Waals surface area contributed by atoms with Crippen molar-refractivity contribution in [2.24, 2.45) is 12.8 Å². The summed E-state index contributed by atoms with van der Waals surface area (Å²) in [6, 6.07) is 0. The van der Waals surface area contributed by atoms with Crippen LogP contribution in [0.1, 0.15) is 32.4 Å². The van der Waals surface area contributed by atoms with Crippen LogP contribution < -0.4 is 11.1 Å². The largest absolute Gasteiger partial charge is 0.350 e. The first kappa shape index (κ1) is 15.7. The first-order valence-corrected chi connectivity index (χ1v) is 7.82. The number of nitrogens with one attached hydrogen (secondary N) is 1. The van der Waals surface area contributed by atoms with Crippen LogP contribution >= 0.6 is 11.3 Å². The minimum Gasteiger partial charge on any atom is -0.350 e. The van der Waals surface area contributed by atoms with E-state index in [-0.39, 0.29) is 5.91 Å². The van der Waals surface area contributed by atoms with Gasteiger partial charge in [0.2, 0.25) is 0 Å². The van der Waals surface area contributed by atoms with Crippen molar-refractivity contribution in [1.82, 2.24) is 20.1 Å². The van der Waals surface area contributed by atoms with E-state index in [4.69, 9.17) is 5.73 Å². The molecule has 2 aromatic rings. The highest BCUT2D eigenvalue weighted by Crippen LogP contribution is 2.12. The summed E-state index contributed by atoms with van der Waals surface area (Å²) < 4.78 is 1.87. The SMILES string of the molecule is Cc1nn(C)c(C)c1CCNC(=O)c1csc(CCN)n1. The van der Waals surface area contributed by atoms with Crippen LogP contribution in [0.5, 0.6) is 0 Å². The van der Waals surface area contributed by atoms with Crippen LogP contribution in [0.25, 0.3) is 0 Å². The van der Waals surface area contributed by atoms with Crippen molar-refractivity contribution < 1.29 is 4.79 Å². The molecule has 0 fully saturated rings. The first-order chi connectivity index (χ1) is 10.0. The third-order valence-corrected chi connectivity index (χ3v) is 4.37. The predicted molar refractivity (Wildman–Crippen MR) is 83.6 cm³/mol. The quantitative estimate of drug-likeness (QED) is 0.832. The van der Waals surface area contributed by atoms with Crippen molar-refractivity contribution in [2.75, 3.05) is 13.1 Å². The summed E-state index contributed by atoms with van der Waals surface area (Å²) >= 11 is 1.48. The summed E-state index contributed by atoms with van der Waals surface area (Å²) in [4.78, 5) is 16.3. The Hall–Kier alpha value is -1.73. The van der Waals surface area contributed by atoms with Crippen molar-refractivity contribution in [3.05, 3.63) is 33.0 Å². The molecule has 0 aliphatic heterocycles. The van der Waals surface area contributed by atoms with Crippen molar-refractivity contribution in [1.29, 1.82) is 0 Å². The van der Waals surface area contributed by atoms with Crippen molar-refractivity contribution in [3.8, 4) is 0 Å². The van der Waals surface area contributed by atoms with Gasteiger partial charge in [-0.15, -0.1) is 11.3 Å². The first-order valence-electron chi connectivity index (χ1n) is 6.94. The van der Waals surface area contributed by atoms with Crippen LogP contribution in [-0.2, 0) is 19.9 Å². The Balaban J connectivity index is 1.89. The van der Waals surface area contributed by atoms with Gasteiger partial charge in [0.25, 0.3) is 5.91 Å². The second-order valence-electron chi connectivity index (χ2n) is 4.94. The van der Waals surface area contributed by atoms with E-state index in [1.807, 2.05) is 25.6 Å². The van der Waals surface area contributed by atoms with Gasteiger partial charge in [-0.2, -0.15) is 5.10 Å². The molecule has 1 amide bonds. The molecular weight excluding hydrogens is 286 g/mol. The van der Waals surface area contributed by atoms with Gasteiger partial charge in [-0.1, -0.05) is 0 Å². The summed E-state index contributed by atoms with van der Waals surface area (Å²) in [5, 5.41) is 9.96. The average molecular weight is 307 g/mol. The van der Waals surface area contributed by atoms with Crippen molar-refractivity contribution in [3.63, 3.8) is 0 Å². The predicted octanol–water partition coefficient (Wildman–Crippen LogP) is 0.967. The van der Waals surface area contributed by atoms with Crippen LogP contribution in [0.4, 0.5) is 0 Å². The molecule has 2 rings (SSSR count). The number of hydrogen-bond acceptors (Lipinski definition) is 5. The normalized spacial score (nSPS) is 10.9. The number of thiazole rings is 1. The van der Waals surface area contributed by atoms with Crippen molar-refractivity contribution in [2.45, 2.75) is 26.7 Å². The summed E-state index contributed by atoms with van der Waals surface area (Å²) in [6.07, 6.45) is 1.49. The van der Waals surface area contributed by atoms with Gasteiger partial charge in [-0.25, -0.2) is 4.98 Å². The Morgan fingerprint density at radius 2 is 2.19 bits per heavy atom. The van der Waals surface area contributed by atoms with E-state index in [1.54, 1.807) is 5.38 Å². The molecule has 114 valence electrons. The van der Waals surface area contributed by atoms with Crippen molar-refractivity contribution >= 4 is 17.2 Å². The Labute approximate surface area is 128 Å². The molecule has 0 atom stereocenters. The Morgan fingerprint density at radius 3 is 2.81 bits per heavy atom. The molecule has 0 saturated carbocycles. The van der Waals surface area contributed by atoms with E-state index >= 15 is 0 Å². The standard InChI is InChI=1S/C14H21N5OS/c1-9-11(10(2)19(3)18-9)5-7-16-14(20)12-8-21-13(17-12)4-6-15/h8H,4-7,15H2,1-3H3,(H,16,20). The Kier molecular flexibility index (Phi) is 5.08. The second kappa shape index (κ2) is 6.82.